The third kappa shape index (κ3) is 4.80. The molecule has 0 bridgehead atoms. The van der Waals surface area contributed by atoms with Gasteiger partial charge in [0.1, 0.15) is 41.1 Å². The first-order chi connectivity index (χ1) is 18.4. The molecule has 10 nitrogen and oxygen atoms in total. The maximum atomic E-state index is 14.5. The molecule has 2 aromatic carbocycles. The van der Waals surface area contributed by atoms with Crippen LogP contribution in [0.5, 0.6) is 17.5 Å². The van der Waals surface area contributed by atoms with Crippen LogP contribution in [0.2, 0.25) is 0 Å². The minimum absolute atomic E-state index is 0.109. The van der Waals surface area contributed by atoms with Crippen LogP contribution in [0.15, 0.2) is 55.2 Å². The lowest BCUT2D eigenvalue weighted by molar-refractivity contribution is 0.0259. The quantitative estimate of drug-likeness (QED) is 0.349. The number of nitrogens with one attached hydrogen (secondary N) is 1. The Morgan fingerprint density at radius 2 is 1.92 bits per heavy atom. The van der Waals surface area contributed by atoms with Gasteiger partial charge in [-0.1, -0.05) is 0 Å². The van der Waals surface area contributed by atoms with Crippen molar-refractivity contribution < 1.29 is 13.9 Å². The molecule has 0 radical (unpaired) electrons. The summed E-state index contributed by atoms with van der Waals surface area (Å²) in [6.45, 7) is 3.05. The number of halogens is 1. The molecule has 0 unspecified atom stereocenters. The largest absolute Gasteiger partial charge is 0.457 e. The van der Waals surface area contributed by atoms with E-state index in [0.29, 0.717) is 35.6 Å². The van der Waals surface area contributed by atoms with Crippen molar-refractivity contribution in [1.82, 2.24) is 34.4 Å². The van der Waals surface area contributed by atoms with Crippen molar-refractivity contribution >= 4 is 33.6 Å². The van der Waals surface area contributed by atoms with Crippen molar-refractivity contribution in [1.29, 1.82) is 0 Å². The maximum Gasteiger partial charge on any atom is 0.317 e. The number of fused-ring (bicyclic) bond motifs is 2. The number of aromatic nitrogens is 6. The van der Waals surface area contributed by atoms with Gasteiger partial charge in [-0.2, -0.15) is 4.98 Å². The van der Waals surface area contributed by atoms with Crippen LogP contribution >= 0.6 is 0 Å². The average Bonchev–Trinajstić information content (AvgIpc) is 3.27. The van der Waals surface area contributed by atoms with Crippen LogP contribution in [0.3, 0.4) is 0 Å². The standard InChI is InChI=1S/C27H27FN8O2/c1-16-10-17(4-7-23(16)37-18-5-6-22-20(11-18)32-15-36(22)3)33-26-25-21(30-14-31-26)12-29-27(34-25)38-24-8-9-35(2)13-19(24)28/h4-7,10-12,14-15,19,24H,8-9,13H2,1-3H3,(H,30,31,33)/t19-,24-/m0/s1. The van der Waals surface area contributed by atoms with Crippen LogP contribution in [0, 0.1) is 6.92 Å². The third-order valence-corrected chi connectivity index (χ3v) is 6.66. The fourth-order valence-corrected chi connectivity index (χ4v) is 4.57. The maximum absolute atomic E-state index is 14.5. The van der Waals surface area contributed by atoms with Crippen LogP contribution in [-0.2, 0) is 7.05 Å². The van der Waals surface area contributed by atoms with Crippen LogP contribution in [-0.4, -0.2) is 66.8 Å². The zero-order valence-electron chi connectivity index (χ0n) is 21.3. The van der Waals surface area contributed by atoms with Crippen LogP contribution in [0.25, 0.3) is 22.1 Å². The molecule has 11 heteroatoms. The van der Waals surface area contributed by atoms with Gasteiger partial charge in [-0.25, -0.2) is 24.3 Å². The molecule has 6 rings (SSSR count). The number of alkyl halides is 1. The van der Waals surface area contributed by atoms with Gasteiger partial charge >= 0.3 is 6.01 Å². The normalized spacial score (nSPS) is 18.1. The van der Waals surface area contributed by atoms with Crippen molar-refractivity contribution in [2.45, 2.75) is 25.6 Å². The fraction of sp³-hybridized carbons (Fsp3) is 0.296. The lowest BCUT2D eigenvalue weighted by Gasteiger charge is -2.31. The lowest BCUT2D eigenvalue weighted by Crippen LogP contribution is -2.45. The summed E-state index contributed by atoms with van der Waals surface area (Å²) in [4.78, 5) is 23.7. The molecule has 4 heterocycles. The highest BCUT2D eigenvalue weighted by Crippen LogP contribution is 2.31. The second-order valence-corrected chi connectivity index (χ2v) is 9.55. The van der Waals surface area contributed by atoms with Gasteiger partial charge in [0, 0.05) is 38.3 Å². The summed E-state index contributed by atoms with van der Waals surface area (Å²) in [7, 11) is 3.85. The number of rotatable bonds is 6. The second-order valence-electron chi connectivity index (χ2n) is 9.55. The Labute approximate surface area is 218 Å². The molecule has 0 saturated carbocycles. The zero-order valence-corrected chi connectivity index (χ0v) is 21.3. The summed E-state index contributed by atoms with van der Waals surface area (Å²) in [5, 5.41) is 3.31. The molecule has 1 saturated heterocycles. The molecular formula is C27H27FN8O2. The Hall–Kier alpha value is -4.38. The fourth-order valence-electron chi connectivity index (χ4n) is 4.57. The van der Waals surface area contributed by atoms with Gasteiger partial charge in [-0.05, 0) is 49.9 Å². The van der Waals surface area contributed by atoms with Gasteiger partial charge in [0.15, 0.2) is 5.82 Å². The number of nitrogens with zero attached hydrogens (tertiary/aromatic N) is 7. The number of imidazole rings is 1. The monoisotopic (exact) mass is 514 g/mol. The van der Waals surface area contributed by atoms with Crippen LogP contribution in [0.1, 0.15) is 12.0 Å². The molecule has 194 valence electrons. The number of aryl methyl sites for hydroxylation is 2. The average molecular weight is 515 g/mol. The Kier molecular flexibility index (Phi) is 6.20. The SMILES string of the molecule is Cc1cc(Nc2ncnc3cnc(O[C@H]4CCN(C)C[C@@H]4F)nc23)ccc1Oc1ccc2c(c1)ncn2C. The van der Waals surface area contributed by atoms with E-state index in [4.69, 9.17) is 9.47 Å². The molecule has 5 aromatic rings. The minimum atomic E-state index is -1.10. The summed E-state index contributed by atoms with van der Waals surface area (Å²) < 4.78 is 28.4. The van der Waals surface area contributed by atoms with Gasteiger partial charge < -0.3 is 24.3 Å². The molecule has 0 spiro atoms. The summed E-state index contributed by atoms with van der Waals surface area (Å²) in [5.41, 5.74) is 4.69. The number of ether oxygens (including phenoxy) is 2. The highest BCUT2D eigenvalue weighted by Gasteiger charge is 2.30. The first-order valence-corrected chi connectivity index (χ1v) is 12.4. The summed E-state index contributed by atoms with van der Waals surface area (Å²) in [6.07, 6.45) is 3.67. The van der Waals surface area contributed by atoms with Gasteiger partial charge in [0.2, 0.25) is 0 Å². The molecule has 1 aliphatic rings. The Morgan fingerprint density at radius 3 is 2.76 bits per heavy atom. The lowest BCUT2D eigenvalue weighted by atomic mass is 10.1. The summed E-state index contributed by atoms with van der Waals surface area (Å²) >= 11 is 0. The molecular weight excluding hydrogens is 487 g/mol. The van der Waals surface area contributed by atoms with E-state index in [1.807, 2.05) is 66.9 Å². The van der Waals surface area contributed by atoms with Crippen molar-refractivity contribution in [3.8, 4) is 17.5 Å². The van der Waals surface area contributed by atoms with E-state index in [9.17, 15) is 4.39 Å². The summed E-state index contributed by atoms with van der Waals surface area (Å²) in [6, 6.07) is 11.7. The molecule has 0 aliphatic carbocycles. The number of piperidine rings is 1. The number of likely N-dealkylation sites (tertiary alicyclic amines) is 1. The number of hydrogen-bond donors (Lipinski definition) is 1. The second kappa shape index (κ2) is 9.82. The van der Waals surface area contributed by atoms with E-state index in [-0.39, 0.29) is 6.01 Å². The van der Waals surface area contributed by atoms with E-state index >= 15 is 0 Å². The van der Waals surface area contributed by atoms with Crippen LogP contribution < -0.4 is 14.8 Å². The number of hydrogen-bond acceptors (Lipinski definition) is 9. The van der Waals surface area contributed by atoms with Crippen molar-refractivity contribution in [3.63, 3.8) is 0 Å². The zero-order chi connectivity index (χ0) is 26.2. The van der Waals surface area contributed by atoms with E-state index < -0.39 is 12.3 Å². The van der Waals surface area contributed by atoms with Crippen LogP contribution in [0.4, 0.5) is 15.9 Å². The van der Waals surface area contributed by atoms with E-state index in [1.165, 1.54) is 6.33 Å². The Morgan fingerprint density at radius 1 is 1.03 bits per heavy atom. The Balaban J connectivity index is 1.21. The highest BCUT2D eigenvalue weighted by atomic mass is 19.1. The molecule has 38 heavy (non-hydrogen) atoms. The molecule has 0 amide bonds. The topological polar surface area (TPSA) is 103 Å². The van der Waals surface area contributed by atoms with Gasteiger partial charge in [0.05, 0.1) is 23.6 Å². The van der Waals surface area contributed by atoms with Gasteiger partial charge in [-0.15, -0.1) is 0 Å². The smallest absolute Gasteiger partial charge is 0.317 e. The van der Waals surface area contributed by atoms with Crippen molar-refractivity contribution in [2.75, 3.05) is 25.5 Å². The minimum Gasteiger partial charge on any atom is -0.457 e. The predicted molar refractivity (Wildman–Crippen MR) is 142 cm³/mol. The van der Waals surface area contributed by atoms with Gasteiger partial charge in [0.25, 0.3) is 0 Å². The number of benzene rings is 2. The first kappa shape index (κ1) is 24.0. The van der Waals surface area contributed by atoms with E-state index in [2.05, 4.69) is 30.2 Å². The third-order valence-electron chi connectivity index (χ3n) is 6.66. The van der Waals surface area contributed by atoms with E-state index in [0.717, 1.165) is 34.6 Å². The van der Waals surface area contributed by atoms with E-state index in [1.54, 1.807) is 12.5 Å². The first-order valence-electron chi connectivity index (χ1n) is 12.4. The summed E-state index contributed by atoms with van der Waals surface area (Å²) in [5.74, 6) is 1.94. The Bertz CT molecular complexity index is 1620. The van der Waals surface area contributed by atoms with Crippen molar-refractivity contribution in [3.05, 3.63) is 60.8 Å². The molecule has 1 fully saturated rings. The molecule has 1 N–H and O–H groups in total. The highest BCUT2D eigenvalue weighted by molar-refractivity contribution is 5.86. The predicted octanol–water partition coefficient (Wildman–Crippen LogP) is 4.57. The molecule has 2 atom stereocenters. The molecule has 1 aliphatic heterocycles. The van der Waals surface area contributed by atoms with Crippen molar-refractivity contribution in [2.24, 2.45) is 7.05 Å². The number of anilines is 2. The van der Waals surface area contributed by atoms with Gasteiger partial charge in [-0.3, -0.25) is 0 Å². The molecule has 3 aromatic heterocycles.